The smallest absolute Gasteiger partial charge is 0.134 e. The summed E-state index contributed by atoms with van der Waals surface area (Å²) in [5.41, 5.74) is 8.87. The van der Waals surface area contributed by atoms with Crippen LogP contribution in [0.3, 0.4) is 0 Å². The molecule has 120 valence electrons. The van der Waals surface area contributed by atoms with E-state index in [1.165, 1.54) is 33.4 Å². The largest absolute Gasteiger partial charge is 0.456 e. The van der Waals surface area contributed by atoms with Gasteiger partial charge in [0.2, 0.25) is 0 Å². The van der Waals surface area contributed by atoms with E-state index in [0.29, 0.717) is 0 Å². The molecule has 0 aliphatic heterocycles. The summed E-state index contributed by atoms with van der Waals surface area (Å²) in [5, 5.41) is 1.16. The first-order valence-corrected chi connectivity index (χ1v) is 8.67. The molecule has 0 fully saturated rings. The van der Waals surface area contributed by atoms with Gasteiger partial charge in [0.05, 0.1) is 0 Å². The summed E-state index contributed by atoms with van der Waals surface area (Å²) in [7, 11) is 0. The minimum Gasteiger partial charge on any atom is -0.456 e. The van der Waals surface area contributed by atoms with E-state index in [0.717, 1.165) is 23.2 Å². The molecule has 0 radical (unpaired) electrons. The molecule has 25 heavy (non-hydrogen) atoms. The summed E-state index contributed by atoms with van der Waals surface area (Å²) in [6.45, 7) is 2.20. The lowest BCUT2D eigenvalue weighted by Gasteiger charge is -2.10. The molecule has 0 unspecified atom stereocenters. The predicted molar refractivity (Wildman–Crippen MR) is 104 cm³/mol. The molecular formula is C24H18O. The molecule has 1 aromatic heterocycles. The average Bonchev–Trinajstić information content (AvgIpc) is 3.27. The summed E-state index contributed by atoms with van der Waals surface area (Å²) in [5.74, 6) is 0.982. The normalized spacial score (nSPS) is 13.1. The Morgan fingerprint density at radius 3 is 2.48 bits per heavy atom. The van der Waals surface area contributed by atoms with E-state index < -0.39 is 0 Å². The molecule has 0 saturated heterocycles. The van der Waals surface area contributed by atoms with Crippen LogP contribution < -0.4 is 0 Å². The van der Waals surface area contributed by atoms with Gasteiger partial charge in [-0.25, -0.2) is 0 Å². The van der Waals surface area contributed by atoms with Crippen LogP contribution in [0, 0.1) is 6.92 Å². The number of furan rings is 1. The second kappa shape index (κ2) is 5.49. The standard InChI is InChI=1S/C24H18O/c1-16-11-12-20(17-7-3-2-4-8-17)22-14-19(13-21(16)22)24-15-18-9-5-6-10-23(18)25-24/h2-12,14-15H,13H2,1H3. The zero-order chi connectivity index (χ0) is 16.8. The van der Waals surface area contributed by atoms with Gasteiger partial charge in [-0.2, -0.15) is 0 Å². The summed E-state index contributed by atoms with van der Waals surface area (Å²) in [6, 6.07) is 25.4. The van der Waals surface area contributed by atoms with E-state index in [1.54, 1.807) is 0 Å². The van der Waals surface area contributed by atoms with Gasteiger partial charge in [0.15, 0.2) is 0 Å². The summed E-state index contributed by atoms with van der Waals surface area (Å²) < 4.78 is 6.10. The maximum absolute atomic E-state index is 6.10. The van der Waals surface area contributed by atoms with Crippen LogP contribution >= 0.6 is 0 Å². The number of hydrogen-bond acceptors (Lipinski definition) is 1. The highest BCUT2D eigenvalue weighted by molar-refractivity contribution is 5.95. The van der Waals surface area contributed by atoms with E-state index >= 15 is 0 Å². The van der Waals surface area contributed by atoms with Crippen molar-refractivity contribution in [1.82, 2.24) is 0 Å². The van der Waals surface area contributed by atoms with Crippen LogP contribution in [0.5, 0.6) is 0 Å². The Hall–Kier alpha value is -3.06. The molecule has 1 aliphatic carbocycles. The van der Waals surface area contributed by atoms with Crippen LogP contribution in [0.15, 0.2) is 77.2 Å². The predicted octanol–water partition coefficient (Wildman–Crippen LogP) is 6.50. The van der Waals surface area contributed by atoms with Gasteiger partial charge in [-0.05, 0) is 58.5 Å². The van der Waals surface area contributed by atoms with Gasteiger partial charge in [0.1, 0.15) is 11.3 Å². The zero-order valence-electron chi connectivity index (χ0n) is 14.1. The van der Waals surface area contributed by atoms with Gasteiger partial charge in [-0.15, -0.1) is 0 Å². The molecule has 1 aliphatic rings. The molecule has 5 rings (SSSR count). The number of para-hydroxylation sites is 1. The van der Waals surface area contributed by atoms with Gasteiger partial charge in [0.25, 0.3) is 0 Å². The molecule has 1 heterocycles. The Bertz CT molecular complexity index is 1080. The van der Waals surface area contributed by atoms with Crippen molar-refractivity contribution in [2.75, 3.05) is 0 Å². The van der Waals surface area contributed by atoms with Crippen molar-refractivity contribution in [1.29, 1.82) is 0 Å². The van der Waals surface area contributed by atoms with Crippen molar-refractivity contribution in [3.05, 3.63) is 95.2 Å². The topological polar surface area (TPSA) is 13.1 Å². The number of benzene rings is 3. The second-order valence-corrected chi connectivity index (χ2v) is 6.68. The fraction of sp³-hybridized carbons (Fsp3) is 0.0833. The summed E-state index contributed by atoms with van der Waals surface area (Å²) >= 11 is 0. The van der Waals surface area contributed by atoms with Gasteiger partial charge in [0, 0.05) is 11.8 Å². The van der Waals surface area contributed by atoms with Crippen molar-refractivity contribution in [3.8, 4) is 11.1 Å². The Morgan fingerprint density at radius 1 is 0.840 bits per heavy atom. The van der Waals surface area contributed by atoms with Gasteiger partial charge < -0.3 is 4.42 Å². The third kappa shape index (κ3) is 2.32. The first-order chi connectivity index (χ1) is 12.3. The lowest BCUT2D eigenvalue weighted by molar-refractivity contribution is 0.598. The van der Waals surface area contributed by atoms with E-state index in [9.17, 15) is 0 Å². The van der Waals surface area contributed by atoms with E-state index in [2.05, 4.69) is 73.7 Å². The quantitative estimate of drug-likeness (QED) is 0.410. The third-order valence-corrected chi connectivity index (χ3v) is 5.10. The van der Waals surface area contributed by atoms with Crippen molar-refractivity contribution >= 4 is 22.6 Å². The average molecular weight is 322 g/mol. The van der Waals surface area contributed by atoms with Crippen LogP contribution in [-0.2, 0) is 6.42 Å². The number of fused-ring (bicyclic) bond motifs is 2. The minimum atomic E-state index is 0.932. The van der Waals surface area contributed by atoms with Crippen LogP contribution in [0.4, 0.5) is 0 Å². The van der Waals surface area contributed by atoms with Crippen molar-refractivity contribution in [3.63, 3.8) is 0 Å². The maximum Gasteiger partial charge on any atom is 0.134 e. The monoisotopic (exact) mass is 322 g/mol. The molecule has 0 atom stereocenters. The van der Waals surface area contributed by atoms with Gasteiger partial charge in [-0.1, -0.05) is 60.7 Å². The highest BCUT2D eigenvalue weighted by atomic mass is 16.3. The molecule has 0 saturated carbocycles. The highest BCUT2D eigenvalue weighted by Gasteiger charge is 2.21. The minimum absolute atomic E-state index is 0.932. The fourth-order valence-electron chi connectivity index (χ4n) is 3.76. The van der Waals surface area contributed by atoms with Crippen LogP contribution in [0.25, 0.3) is 33.7 Å². The molecular weight excluding hydrogens is 304 g/mol. The van der Waals surface area contributed by atoms with Crippen LogP contribution in [-0.4, -0.2) is 0 Å². The number of hydrogen-bond donors (Lipinski definition) is 0. The molecule has 0 spiro atoms. The lowest BCUT2D eigenvalue weighted by atomic mass is 9.94. The van der Waals surface area contributed by atoms with Crippen molar-refractivity contribution < 1.29 is 4.42 Å². The van der Waals surface area contributed by atoms with Gasteiger partial charge in [-0.3, -0.25) is 0 Å². The lowest BCUT2D eigenvalue weighted by Crippen LogP contribution is -1.92. The molecule has 0 bridgehead atoms. The number of rotatable bonds is 2. The number of allylic oxidation sites excluding steroid dienone is 1. The summed E-state index contributed by atoms with van der Waals surface area (Å²) in [4.78, 5) is 0. The molecule has 1 heteroatoms. The van der Waals surface area contributed by atoms with E-state index in [4.69, 9.17) is 4.42 Å². The number of aryl methyl sites for hydroxylation is 1. The zero-order valence-corrected chi connectivity index (χ0v) is 14.1. The molecule has 3 aromatic carbocycles. The van der Waals surface area contributed by atoms with Crippen LogP contribution in [0.2, 0.25) is 0 Å². The van der Waals surface area contributed by atoms with Crippen LogP contribution in [0.1, 0.15) is 22.5 Å². The van der Waals surface area contributed by atoms with Crippen molar-refractivity contribution in [2.24, 2.45) is 0 Å². The Labute approximate surface area is 147 Å². The molecule has 4 aromatic rings. The SMILES string of the molecule is Cc1ccc(-c2ccccc2)c2c1CC(c1cc3ccccc3o1)=C2. The molecule has 1 nitrogen and oxygen atoms in total. The third-order valence-electron chi connectivity index (χ3n) is 5.10. The maximum atomic E-state index is 6.10. The fourth-order valence-corrected chi connectivity index (χ4v) is 3.76. The Kier molecular flexibility index (Phi) is 3.14. The molecule has 0 amide bonds. The van der Waals surface area contributed by atoms with E-state index in [1.807, 2.05) is 12.1 Å². The summed E-state index contributed by atoms with van der Waals surface area (Å²) in [6.07, 6.45) is 3.24. The first kappa shape index (κ1) is 14.3. The second-order valence-electron chi connectivity index (χ2n) is 6.68. The highest BCUT2D eigenvalue weighted by Crippen LogP contribution is 2.40. The molecule has 0 N–H and O–H groups in total. The van der Waals surface area contributed by atoms with E-state index in [-0.39, 0.29) is 0 Å². The van der Waals surface area contributed by atoms with Gasteiger partial charge >= 0.3 is 0 Å². The first-order valence-electron chi connectivity index (χ1n) is 8.67. The Balaban J connectivity index is 1.65. The van der Waals surface area contributed by atoms with Crippen molar-refractivity contribution in [2.45, 2.75) is 13.3 Å². The Morgan fingerprint density at radius 2 is 1.64 bits per heavy atom.